The maximum absolute atomic E-state index is 11.8. The van der Waals surface area contributed by atoms with Crippen molar-refractivity contribution in [3.05, 3.63) is 23.2 Å². The standard InChI is InChI=1S/C13H16ClNO3/c14-9-4-3-5-10(12(9)17)15-11(16)8-13(18)6-1-2-7-13/h3-5,17-18H,1-2,6-8H2,(H,15,16). The molecule has 0 heterocycles. The van der Waals surface area contributed by atoms with Crippen LogP contribution in [0.1, 0.15) is 32.1 Å². The Bertz CT molecular complexity index is 456. The molecule has 0 radical (unpaired) electrons. The lowest BCUT2D eigenvalue weighted by Crippen LogP contribution is -2.30. The van der Waals surface area contributed by atoms with Gasteiger partial charge in [-0.05, 0) is 25.0 Å². The number of aliphatic hydroxyl groups is 1. The zero-order valence-corrected chi connectivity index (χ0v) is 10.7. The van der Waals surface area contributed by atoms with E-state index in [0.717, 1.165) is 12.8 Å². The summed E-state index contributed by atoms with van der Waals surface area (Å²) in [5.41, 5.74) is -0.618. The summed E-state index contributed by atoms with van der Waals surface area (Å²) in [6, 6.07) is 4.75. The number of amides is 1. The van der Waals surface area contributed by atoms with E-state index in [2.05, 4.69) is 5.32 Å². The Morgan fingerprint density at radius 1 is 1.39 bits per heavy atom. The van der Waals surface area contributed by atoms with Crippen LogP contribution >= 0.6 is 11.6 Å². The van der Waals surface area contributed by atoms with Gasteiger partial charge >= 0.3 is 0 Å². The highest BCUT2D eigenvalue weighted by atomic mass is 35.5. The summed E-state index contributed by atoms with van der Waals surface area (Å²) in [5.74, 6) is -0.456. The van der Waals surface area contributed by atoms with Crippen molar-refractivity contribution >= 4 is 23.2 Å². The van der Waals surface area contributed by atoms with Crippen LogP contribution in [-0.4, -0.2) is 21.7 Å². The third-order valence-electron chi connectivity index (χ3n) is 3.28. The maximum Gasteiger partial charge on any atom is 0.227 e. The molecule has 1 aliphatic rings. The van der Waals surface area contributed by atoms with Crippen molar-refractivity contribution in [2.45, 2.75) is 37.7 Å². The van der Waals surface area contributed by atoms with Gasteiger partial charge < -0.3 is 15.5 Å². The Hall–Kier alpha value is -1.26. The van der Waals surface area contributed by atoms with E-state index in [4.69, 9.17) is 11.6 Å². The number of benzene rings is 1. The summed E-state index contributed by atoms with van der Waals surface area (Å²) in [6.07, 6.45) is 3.27. The molecule has 0 saturated heterocycles. The van der Waals surface area contributed by atoms with Crippen molar-refractivity contribution in [2.24, 2.45) is 0 Å². The molecule has 98 valence electrons. The van der Waals surface area contributed by atoms with Gasteiger partial charge in [0.1, 0.15) is 0 Å². The number of hydrogen-bond donors (Lipinski definition) is 3. The summed E-state index contributed by atoms with van der Waals surface area (Å²) in [6.45, 7) is 0. The second-order valence-corrected chi connectivity index (χ2v) is 5.20. The van der Waals surface area contributed by atoms with Gasteiger partial charge in [0.15, 0.2) is 5.75 Å². The highest BCUT2D eigenvalue weighted by Crippen LogP contribution is 2.34. The second-order valence-electron chi connectivity index (χ2n) is 4.79. The number of nitrogens with one attached hydrogen (secondary N) is 1. The summed E-state index contributed by atoms with van der Waals surface area (Å²) in [4.78, 5) is 11.8. The lowest BCUT2D eigenvalue weighted by atomic mass is 9.97. The van der Waals surface area contributed by atoms with Crippen LogP contribution in [0.2, 0.25) is 5.02 Å². The van der Waals surface area contributed by atoms with E-state index in [1.165, 1.54) is 6.07 Å². The zero-order valence-electron chi connectivity index (χ0n) is 9.95. The molecule has 0 atom stereocenters. The third kappa shape index (κ3) is 2.94. The highest BCUT2D eigenvalue weighted by Gasteiger charge is 2.33. The third-order valence-corrected chi connectivity index (χ3v) is 3.59. The molecule has 4 nitrogen and oxygen atoms in total. The van der Waals surface area contributed by atoms with E-state index in [0.29, 0.717) is 12.8 Å². The number of rotatable bonds is 3. The number of para-hydroxylation sites is 1. The van der Waals surface area contributed by atoms with Gasteiger partial charge in [0, 0.05) is 0 Å². The molecule has 1 aromatic carbocycles. The molecule has 0 aromatic heterocycles. The van der Waals surface area contributed by atoms with Crippen LogP contribution in [0.15, 0.2) is 18.2 Å². The van der Waals surface area contributed by atoms with E-state index < -0.39 is 5.60 Å². The minimum absolute atomic E-state index is 0.0545. The molecule has 18 heavy (non-hydrogen) atoms. The smallest absolute Gasteiger partial charge is 0.227 e. The van der Waals surface area contributed by atoms with Gasteiger partial charge in [0.05, 0.1) is 22.7 Å². The van der Waals surface area contributed by atoms with Crippen LogP contribution in [0.5, 0.6) is 5.75 Å². The molecule has 5 heteroatoms. The number of halogens is 1. The Balaban J connectivity index is 2.01. The van der Waals surface area contributed by atoms with Crippen molar-refractivity contribution in [3.8, 4) is 5.75 Å². The summed E-state index contributed by atoms with van der Waals surface area (Å²) in [5, 5.41) is 22.5. The minimum Gasteiger partial charge on any atom is -0.504 e. The molecule has 0 unspecified atom stereocenters. The number of hydrogen-bond acceptors (Lipinski definition) is 3. The average Bonchev–Trinajstić information content (AvgIpc) is 2.71. The van der Waals surface area contributed by atoms with Gasteiger partial charge in [0.2, 0.25) is 5.91 Å². The molecule has 1 amide bonds. The molecule has 1 aliphatic carbocycles. The molecule has 3 N–H and O–H groups in total. The summed E-state index contributed by atoms with van der Waals surface area (Å²) in [7, 11) is 0. The molecule has 0 bridgehead atoms. The molecule has 2 rings (SSSR count). The van der Waals surface area contributed by atoms with Gasteiger partial charge in [-0.2, -0.15) is 0 Å². The number of anilines is 1. The second kappa shape index (κ2) is 5.16. The van der Waals surface area contributed by atoms with Crippen molar-refractivity contribution in [2.75, 3.05) is 5.32 Å². The van der Waals surface area contributed by atoms with Crippen LogP contribution in [0, 0.1) is 0 Å². The van der Waals surface area contributed by atoms with Gasteiger partial charge in [-0.25, -0.2) is 0 Å². The molecule has 1 fully saturated rings. The van der Waals surface area contributed by atoms with E-state index in [1.54, 1.807) is 12.1 Å². The number of aromatic hydroxyl groups is 1. The van der Waals surface area contributed by atoms with Crippen molar-refractivity contribution < 1.29 is 15.0 Å². The van der Waals surface area contributed by atoms with Crippen LogP contribution in [0.4, 0.5) is 5.69 Å². The first kappa shape index (κ1) is 13.2. The van der Waals surface area contributed by atoms with Crippen molar-refractivity contribution in [3.63, 3.8) is 0 Å². The Labute approximate surface area is 111 Å². The Morgan fingerprint density at radius 3 is 2.72 bits per heavy atom. The molecule has 0 aliphatic heterocycles. The van der Waals surface area contributed by atoms with Gasteiger partial charge in [0.25, 0.3) is 0 Å². The highest BCUT2D eigenvalue weighted by molar-refractivity contribution is 6.32. The van der Waals surface area contributed by atoms with Gasteiger partial charge in [-0.1, -0.05) is 30.5 Å². The fourth-order valence-electron chi connectivity index (χ4n) is 2.32. The summed E-state index contributed by atoms with van der Waals surface area (Å²) < 4.78 is 0. The molecule has 1 aromatic rings. The van der Waals surface area contributed by atoms with E-state index in [-0.39, 0.29) is 28.8 Å². The first-order chi connectivity index (χ1) is 8.50. The SMILES string of the molecule is O=C(CC1(O)CCCC1)Nc1cccc(Cl)c1O. The average molecular weight is 270 g/mol. The van der Waals surface area contributed by atoms with E-state index in [1.807, 2.05) is 0 Å². The Morgan fingerprint density at radius 2 is 2.06 bits per heavy atom. The fraction of sp³-hybridized carbons (Fsp3) is 0.462. The number of phenols is 1. The van der Waals surface area contributed by atoms with Crippen LogP contribution in [0.25, 0.3) is 0 Å². The van der Waals surface area contributed by atoms with Gasteiger partial charge in [-0.3, -0.25) is 4.79 Å². The van der Waals surface area contributed by atoms with Crippen LogP contribution in [-0.2, 0) is 4.79 Å². The predicted molar refractivity (Wildman–Crippen MR) is 69.8 cm³/mol. The largest absolute Gasteiger partial charge is 0.504 e. The molecular formula is C13H16ClNO3. The lowest BCUT2D eigenvalue weighted by molar-refractivity contribution is -0.120. The summed E-state index contributed by atoms with van der Waals surface area (Å²) >= 11 is 5.74. The number of carbonyl (C=O) groups is 1. The lowest BCUT2D eigenvalue weighted by Gasteiger charge is -2.21. The Kier molecular flexibility index (Phi) is 3.78. The van der Waals surface area contributed by atoms with Gasteiger partial charge in [-0.15, -0.1) is 0 Å². The topological polar surface area (TPSA) is 69.6 Å². The predicted octanol–water partition coefficient (Wildman–Crippen LogP) is 2.68. The maximum atomic E-state index is 11.8. The first-order valence-corrected chi connectivity index (χ1v) is 6.38. The first-order valence-electron chi connectivity index (χ1n) is 6.00. The fourth-order valence-corrected chi connectivity index (χ4v) is 2.49. The minimum atomic E-state index is -0.891. The molecule has 1 saturated carbocycles. The molecular weight excluding hydrogens is 254 g/mol. The molecule has 0 spiro atoms. The van der Waals surface area contributed by atoms with E-state index >= 15 is 0 Å². The van der Waals surface area contributed by atoms with E-state index in [9.17, 15) is 15.0 Å². The monoisotopic (exact) mass is 269 g/mol. The number of phenolic OH excluding ortho intramolecular Hbond substituents is 1. The zero-order chi connectivity index (χ0) is 13.2. The van der Waals surface area contributed by atoms with Crippen LogP contribution in [0.3, 0.4) is 0 Å². The quantitative estimate of drug-likeness (QED) is 0.739. The van der Waals surface area contributed by atoms with Crippen molar-refractivity contribution in [1.29, 1.82) is 0 Å². The normalized spacial score (nSPS) is 17.7. The van der Waals surface area contributed by atoms with Crippen LogP contribution < -0.4 is 5.32 Å². The van der Waals surface area contributed by atoms with Crippen molar-refractivity contribution in [1.82, 2.24) is 0 Å². The number of carbonyl (C=O) groups excluding carboxylic acids is 1.